The summed E-state index contributed by atoms with van der Waals surface area (Å²) in [5.74, 6) is -0.448. The van der Waals surface area contributed by atoms with E-state index >= 15 is 0 Å². The molecule has 132 valence electrons. The number of hydrogen-bond acceptors (Lipinski definition) is 4. The smallest absolute Gasteiger partial charge is 0.287 e. The molecule has 0 aliphatic heterocycles. The van der Waals surface area contributed by atoms with Crippen molar-refractivity contribution in [3.63, 3.8) is 0 Å². The molecule has 5 heteroatoms. The predicted molar refractivity (Wildman–Crippen MR) is 97.9 cm³/mol. The molecule has 1 saturated carbocycles. The standard InChI is InChI=1S/C21H19NO4/c23-17-12-19(26-18-9-5-4-8-16(17)18)20(24)22-13-21(25,15-10-11-15)14-6-2-1-3-7-14/h1-9,12,15,25H,10-11,13H2,(H,22,24)/t21-/m0/s1. The van der Waals surface area contributed by atoms with Gasteiger partial charge in [-0.05, 0) is 36.5 Å². The average Bonchev–Trinajstić information content (AvgIpc) is 3.52. The number of carbonyl (C=O) groups excluding carboxylic acids is 1. The van der Waals surface area contributed by atoms with Gasteiger partial charge in [0.05, 0.1) is 11.9 Å². The minimum atomic E-state index is -1.12. The maximum atomic E-state index is 12.5. The topological polar surface area (TPSA) is 79.5 Å². The van der Waals surface area contributed by atoms with Crippen LogP contribution < -0.4 is 10.7 Å². The van der Waals surface area contributed by atoms with Crippen molar-refractivity contribution < 1.29 is 14.3 Å². The average molecular weight is 349 g/mol. The Balaban J connectivity index is 1.57. The lowest BCUT2D eigenvalue weighted by molar-refractivity contribution is 0.0132. The van der Waals surface area contributed by atoms with Crippen LogP contribution in [0.4, 0.5) is 0 Å². The Morgan fingerprint density at radius 3 is 2.54 bits per heavy atom. The Bertz CT molecular complexity index is 1010. The molecule has 2 N–H and O–H groups in total. The fraction of sp³-hybridized carbons (Fsp3) is 0.238. The van der Waals surface area contributed by atoms with Crippen molar-refractivity contribution in [3.8, 4) is 0 Å². The van der Waals surface area contributed by atoms with Gasteiger partial charge >= 0.3 is 0 Å². The van der Waals surface area contributed by atoms with E-state index in [2.05, 4.69) is 5.32 Å². The molecule has 1 aliphatic carbocycles. The van der Waals surface area contributed by atoms with Gasteiger partial charge in [-0.15, -0.1) is 0 Å². The van der Waals surface area contributed by atoms with Crippen LogP contribution in [0.25, 0.3) is 11.0 Å². The van der Waals surface area contributed by atoms with Crippen molar-refractivity contribution in [2.75, 3.05) is 6.54 Å². The van der Waals surface area contributed by atoms with E-state index in [1.165, 1.54) is 6.07 Å². The first kappa shape index (κ1) is 16.5. The quantitative estimate of drug-likeness (QED) is 0.742. The molecule has 0 unspecified atom stereocenters. The molecule has 2 aromatic carbocycles. The van der Waals surface area contributed by atoms with E-state index in [4.69, 9.17) is 4.42 Å². The lowest BCUT2D eigenvalue weighted by Gasteiger charge is -2.29. The van der Waals surface area contributed by atoms with Gasteiger partial charge in [-0.3, -0.25) is 9.59 Å². The summed E-state index contributed by atoms with van der Waals surface area (Å²) in [7, 11) is 0. The van der Waals surface area contributed by atoms with Crippen molar-refractivity contribution in [2.24, 2.45) is 5.92 Å². The van der Waals surface area contributed by atoms with Gasteiger partial charge in [-0.1, -0.05) is 42.5 Å². The minimum Gasteiger partial charge on any atom is -0.451 e. The molecule has 5 nitrogen and oxygen atoms in total. The number of nitrogens with one attached hydrogen (secondary N) is 1. The lowest BCUT2D eigenvalue weighted by Crippen LogP contribution is -2.42. The molecular formula is C21H19NO4. The highest BCUT2D eigenvalue weighted by Crippen LogP contribution is 2.45. The van der Waals surface area contributed by atoms with E-state index in [0.29, 0.717) is 11.0 Å². The maximum absolute atomic E-state index is 12.5. The third kappa shape index (κ3) is 3.02. The Morgan fingerprint density at radius 1 is 1.12 bits per heavy atom. The second kappa shape index (κ2) is 6.42. The van der Waals surface area contributed by atoms with Crippen LogP contribution in [0.2, 0.25) is 0 Å². The summed E-state index contributed by atoms with van der Waals surface area (Å²) >= 11 is 0. The monoisotopic (exact) mass is 349 g/mol. The number of aliphatic hydroxyl groups is 1. The third-order valence-corrected chi connectivity index (χ3v) is 4.90. The highest BCUT2D eigenvalue weighted by molar-refractivity contribution is 5.93. The van der Waals surface area contributed by atoms with Gasteiger partial charge in [0.15, 0.2) is 11.2 Å². The highest BCUT2D eigenvalue weighted by Gasteiger charge is 2.45. The van der Waals surface area contributed by atoms with Crippen LogP contribution >= 0.6 is 0 Å². The molecule has 0 radical (unpaired) electrons. The van der Waals surface area contributed by atoms with Crippen LogP contribution in [0.1, 0.15) is 29.0 Å². The molecule has 0 saturated heterocycles. The number of amides is 1. The zero-order valence-corrected chi connectivity index (χ0v) is 14.1. The molecule has 1 atom stereocenters. The fourth-order valence-corrected chi connectivity index (χ4v) is 3.29. The third-order valence-electron chi connectivity index (χ3n) is 4.90. The summed E-state index contributed by atoms with van der Waals surface area (Å²) in [6, 6.07) is 17.3. The summed E-state index contributed by atoms with van der Waals surface area (Å²) in [5, 5.41) is 14.3. The van der Waals surface area contributed by atoms with Crippen LogP contribution in [0, 0.1) is 5.92 Å². The van der Waals surface area contributed by atoms with Crippen molar-refractivity contribution in [1.29, 1.82) is 0 Å². The first-order valence-electron chi connectivity index (χ1n) is 8.67. The summed E-state index contributed by atoms with van der Waals surface area (Å²) in [5.41, 5.74) is -0.236. The van der Waals surface area contributed by atoms with Gasteiger partial charge < -0.3 is 14.8 Å². The number of hydrogen-bond donors (Lipinski definition) is 2. The van der Waals surface area contributed by atoms with E-state index < -0.39 is 11.5 Å². The van der Waals surface area contributed by atoms with Gasteiger partial charge in [-0.25, -0.2) is 0 Å². The lowest BCUT2D eigenvalue weighted by atomic mass is 9.88. The molecular weight excluding hydrogens is 330 g/mol. The number of para-hydroxylation sites is 1. The van der Waals surface area contributed by atoms with Crippen molar-refractivity contribution in [1.82, 2.24) is 5.32 Å². The molecule has 4 rings (SSSR count). The maximum Gasteiger partial charge on any atom is 0.287 e. The first-order valence-corrected chi connectivity index (χ1v) is 8.67. The van der Waals surface area contributed by atoms with Crippen molar-refractivity contribution >= 4 is 16.9 Å². The Hall–Kier alpha value is -2.92. The summed E-state index contributed by atoms with van der Waals surface area (Å²) in [4.78, 5) is 24.7. The van der Waals surface area contributed by atoms with Gasteiger partial charge in [0.2, 0.25) is 0 Å². The largest absolute Gasteiger partial charge is 0.451 e. The Labute approximate surface area is 150 Å². The SMILES string of the molecule is O=C(NC[C@](O)(c1ccccc1)C1CC1)c1cc(=O)c2ccccc2o1. The number of rotatable bonds is 5. The first-order chi connectivity index (χ1) is 12.6. The van der Waals surface area contributed by atoms with Gasteiger partial charge in [-0.2, -0.15) is 0 Å². The molecule has 1 heterocycles. The fourth-order valence-electron chi connectivity index (χ4n) is 3.29. The zero-order chi connectivity index (χ0) is 18.1. The number of benzene rings is 2. The molecule has 1 amide bonds. The van der Waals surface area contributed by atoms with Gasteiger partial charge in [0.25, 0.3) is 5.91 Å². The molecule has 0 bridgehead atoms. The molecule has 1 fully saturated rings. The number of fused-ring (bicyclic) bond motifs is 1. The van der Waals surface area contributed by atoms with Gasteiger partial charge in [0.1, 0.15) is 11.2 Å². The van der Waals surface area contributed by atoms with E-state index in [1.807, 2.05) is 30.3 Å². The Morgan fingerprint density at radius 2 is 1.81 bits per heavy atom. The molecule has 3 aromatic rings. The van der Waals surface area contributed by atoms with E-state index in [-0.39, 0.29) is 23.7 Å². The summed E-state index contributed by atoms with van der Waals surface area (Å²) in [6.07, 6.45) is 1.85. The minimum absolute atomic E-state index is 0.0556. The molecule has 0 spiro atoms. The second-order valence-corrected chi connectivity index (χ2v) is 6.72. The van der Waals surface area contributed by atoms with E-state index in [1.54, 1.807) is 24.3 Å². The normalized spacial score (nSPS) is 16.2. The summed E-state index contributed by atoms with van der Waals surface area (Å²) in [6.45, 7) is 0.0665. The van der Waals surface area contributed by atoms with Crippen molar-refractivity contribution in [3.05, 3.63) is 82.2 Å². The highest BCUT2D eigenvalue weighted by atomic mass is 16.3. The molecule has 1 aromatic heterocycles. The van der Waals surface area contributed by atoms with Crippen LogP contribution in [0.15, 0.2) is 69.9 Å². The van der Waals surface area contributed by atoms with Crippen LogP contribution in [-0.4, -0.2) is 17.6 Å². The summed E-state index contributed by atoms with van der Waals surface area (Å²) < 4.78 is 5.56. The Kier molecular flexibility index (Phi) is 4.09. The predicted octanol–water partition coefficient (Wildman–Crippen LogP) is 2.82. The van der Waals surface area contributed by atoms with Crippen LogP contribution in [0.5, 0.6) is 0 Å². The number of carbonyl (C=O) groups is 1. The molecule has 26 heavy (non-hydrogen) atoms. The van der Waals surface area contributed by atoms with E-state index in [0.717, 1.165) is 18.4 Å². The second-order valence-electron chi connectivity index (χ2n) is 6.72. The van der Waals surface area contributed by atoms with E-state index in [9.17, 15) is 14.7 Å². The molecule has 1 aliphatic rings. The zero-order valence-electron chi connectivity index (χ0n) is 14.1. The van der Waals surface area contributed by atoms with Crippen LogP contribution in [0.3, 0.4) is 0 Å². The van der Waals surface area contributed by atoms with Crippen LogP contribution in [-0.2, 0) is 5.60 Å². The van der Waals surface area contributed by atoms with Gasteiger partial charge in [0, 0.05) is 6.07 Å². The van der Waals surface area contributed by atoms with Crippen molar-refractivity contribution in [2.45, 2.75) is 18.4 Å².